The van der Waals surface area contributed by atoms with Crippen molar-refractivity contribution in [2.75, 3.05) is 0 Å². The monoisotopic (exact) mass is 373 g/mol. The molecule has 138 valence electrons. The van der Waals surface area contributed by atoms with Crippen LogP contribution in [0.5, 0.6) is 0 Å². The van der Waals surface area contributed by atoms with E-state index in [0.29, 0.717) is 0 Å². The van der Waals surface area contributed by atoms with E-state index in [9.17, 15) is 0 Å². The van der Waals surface area contributed by atoms with Gasteiger partial charge < -0.3 is 0 Å². The van der Waals surface area contributed by atoms with E-state index in [4.69, 9.17) is 0 Å². The van der Waals surface area contributed by atoms with Gasteiger partial charge >= 0.3 is 0 Å². The molecule has 29 heavy (non-hydrogen) atoms. The standard InChI is InChI=1S/C26H19N3/c1-3-11-20(12-4-1)22-15-7-8-17-24(22)26-27-19-28-29(26)25-18-10-9-16-23(25)21-13-5-2-6-14-21/h1-19H. The van der Waals surface area contributed by atoms with Crippen molar-refractivity contribution in [1.82, 2.24) is 14.8 Å². The molecule has 3 nitrogen and oxygen atoms in total. The van der Waals surface area contributed by atoms with Gasteiger partial charge in [-0.25, -0.2) is 9.67 Å². The van der Waals surface area contributed by atoms with Gasteiger partial charge in [0, 0.05) is 11.1 Å². The molecule has 1 heterocycles. The molecule has 0 aliphatic rings. The maximum absolute atomic E-state index is 4.64. The number of nitrogens with zero attached hydrogens (tertiary/aromatic N) is 3. The third-order valence-electron chi connectivity index (χ3n) is 5.02. The molecule has 0 aliphatic carbocycles. The first-order chi connectivity index (χ1) is 14.4. The summed E-state index contributed by atoms with van der Waals surface area (Å²) < 4.78 is 1.93. The van der Waals surface area contributed by atoms with E-state index >= 15 is 0 Å². The maximum Gasteiger partial charge on any atom is 0.163 e. The maximum atomic E-state index is 4.64. The van der Waals surface area contributed by atoms with Gasteiger partial charge in [-0.1, -0.05) is 103 Å². The van der Waals surface area contributed by atoms with Gasteiger partial charge in [0.05, 0.1) is 5.69 Å². The van der Waals surface area contributed by atoms with Gasteiger partial charge in [-0.2, -0.15) is 5.10 Å². The van der Waals surface area contributed by atoms with Crippen LogP contribution in [-0.2, 0) is 0 Å². The van der Waals surface area contributed by atoms with Crippen LogP contribution in [-0.4, -0.2) is 14.8 Å². The minimum atomic E-state index is 0.827. The van der Waals surface area contributed by atoms with Crippen molar-refractivity contribution in [2.45, 2.75) is 0 Å². The van der Waals surface area contributed by atoms with E-state index < -0.39 is 0 Å². The van der Waals surface area contributed by atoms with Crippen LogP contribution in [0.4, 0.5) is 0 Å². The molecule has 0 amide bonds. The molecule has 0 aliphatic heterocycles. The summed E-state index contributed by atoms with van der Waals surface area (Å²) in [7, 11) is 0. The minimum Gasteiger partial charge on any atom is -0.215 e. The van der Waals surface area contributed by atoms with Crippen molar-refractivity contribution in [3.63, 3.8) is 0 Å². The van der Waals surface area contributed by atoms with E-state index in [2.05, 4.69) is 95.0 Å². The second-order valence-corrected chi connectivity index (χ2v) is 6.79. The Morgan fingerprint density at radius 1 is 0.483 bits per heavy atom. The summed E-state index contributed by atoms with van der Waals surface area (Å²) in [6, 6.07) is 37.4. The van der Waals surface area contributed by atoms with Crippen LogP contribution >= 0.6 is 0 Å². The number of benzene rings is 4. The highest BCUT2D eigenvalue weighted by Crippen LogP contribution is 2.34. The zero-order valence-corrected chi connectivity index (χ0v) is 15.8. The number of hydrogen-bond donors (Lipinski definition) is 0. The summed E-state index contributed by atoms with van der Waals surface area (Å²) in [5, 5.41) is 4.59. The van der Waals surface area contributed by atoms with E-state index in [1.807, 2.05) is 28.9 Å². The highest BCUT2D eigenvalue weighted by atomic mass is 15.3. The molecule has 0 N–H and O–H groups in total. The van der Waals surface area contributed by atoms with Crippen LogP contribution in [0.25, 0.3) is 39.3 Å². The summed E-state index contributed by atoms with van der Waals surface area (Å²) in [5.74, 6) is 0.827. The van der Waals surface area contributed by atoms with Crippen LogP contribution in [0.1, 0.15) is 0 Å². The number of aromatic nitrogens is 3. The van der Waals surface area contributed by atoms with Crippen molar-refractivity contribution in [3.05, 3.63) is 116 Å². The molecule has 0 saturated heterocycles. The largest absolute Gasteiger partial charge is 0.215 e. The first-order valence-corrected chi connectivity index (χ1v) is 9.61. The van der Waals surface area contributed by atoms with Crippen LogP contribution in [0.2, 0.25) is 0 Å². The molecular formula is C26H19N3. The minimum absolute atomic E-state index is 0.827. The van der Waals surface area contributed by atoms with Crippen molar-refractivity contribution >= 4 is 0 Å². The van der Waals surface area contributed by atoms with Gasteiger partial charge in [-0.3, -0.25) is 0 Å². The average Bonchev–Trinajstić information content (AvgIpc) is 3.30. The zero-order chi connectivity index (χ0) is 19.5. The predicted molar refractivity (Wildman–Crippen MR) is 118 cm³/mol. The highest BCUT2D eigenvalue weighted by Gasteiger charge is 2.16. The van der Waals surface area contributed by atoms with Gasteiger partial charge in [0.2, 0.25) is 0 Å². The first kappa shape index (κ1) is 17.1. The van der Waals surface area contributed by atoms with Crippen LogP contribution < -0.4 is 0 Å². The summed E-state index contributed by atoms with van der Waals surface area (Å²) in [6.07, 6.45) is 1.62. The molecule has 3 heteroatoms. The second kappa shape index (κ2) is 7.56. The van der Waals surface area contributed by atoms with E-state index in [-0.39, 0.29) is 0 Å². The van der Waals surface area contributed by atoms with Gasteiger partial charge in [0.25, 0.3) is 0 Å². The molecular weight excluding hydrogens is 354 g/mol. The lowest BCUT2D eigenvalue weighted by Gasteiger charge is -2.14. The van der Waals surface area contributed by atoms with Gasteiger partial charge in [-0.05, 0) is 22.8 Å². The Balaban J connectivity index is 1.69. The lowest BCUT2D eigenvalue weighted by molar-refractivity contribution is 0.889. The lowest BCUT2D eigenvalue weighted by Crippen LogP contribution is -2.02. The van der Waals surface area contributed by atoms with Crippen LogP contribution in [0, 0.1) is 0 Å². The average molecular weight is 373 g/mol. The summed E-state index contributed by atoms with van der Waals surface area (Å²) >= 11 is 0. The number of para-hydroxylation sites is 1. The van der Waals surface area contributed by atoms with E-state index in [1.165, 1.54) is 0 Å². The molecule has 0 fully saturated rings. The molecule has 0 spiro atoms. The molecule has 0 radical (unpaired) electrons. The Kier molecular flexibility index (Phi) is 4.47. The topological polar surface area (TPSA) is 30.7 Å². The normalized spacial score (nSPS) is 10.8. The predicted octanol–water partition coefficient (Wildman–Crippen LogP) is 6.27. The first-order valence-electron chi connectivity index (χ1n) is 9.61. The Labute approximate surface area is 169 Å². The van der Waals surface area contributed by atoms with Gasteiger partial charge in [0.15, 0.2) is 5.82 Å². The van der Waals surface area contributed by atoms with Crippen LogP contribution in [0.3, 0.4) is 0 Å². The SMILES string of the molecule is c1ccc(-c2ccccc2-c2ncnn2-c2ccccc2-c2ccccc2)cc1. The second-order valence-electron chi connectivity index (χ2n) is 6.79. The van der Waals surface area contributed by atoms with E-state index in [0.717, 1.165) is 39.3 Å². The molecule has 0 bridgehead atoms. The van der Waals surface area contributed by atoms with Crippen molar-refractivity contribution < 1.29 is 0 Å². The Bertz CT molecular complexity index is 1140. The summed E-state index contributed by atoms with van der Waals surface area (Å²) in [5.41, 5.74) is 6.64. The fraction of sp³-hybridized carbons (Fsp3) is 0. The molecule has 4 aromatic carbocycles. The smallest absolute Gasteiger partial charge is 0.163 e. The van der Waals surface area contributed by atoms with Crippen molar-refractivity contribution in [3.8, 4) is 39.3 Å². The molecule has 0 unspecified atom stereocenters. The summed E-state index contributed by atoms with van der Waals surface area (Å²) in [6.45, 7) is 0. The molecule has 1 aromatic heterocycles. The lowest BCUT2D eigenvalue weighted by atomic mass is 9.99. The third kappa shape index (κ3) is 3.23. The number of rotatable bonds is 4. The third-order valence-corrected chi connectivity index (χ3v) is 5.02. The quantitative estimate of drug-likeness (QED) is 0.372. The fourth-order valence-corrected chi connectivity index (χ4v) is 3.67. The highest BCUT2D eigenvalue weighted by molar-refractivity contribution is 5.82. The molecule has 5 rings (SSSR count). The Morgan fingerprint density at radius 2 is 1.00 bits per heavy atom. The van der Waals surface area contributed by atoms with Crippen LogP contribution in [0.15, 0.2) is 116 Å². The van der Waals surface area contributed by atoms with Gasteiger partial charge in [0.1, 0.15) is 6.33 Å². The zero-order valence-electron chi connectivity index (χ0n) is 15.8. The number of hydrogen-bond acceptors (Lipinski definition) is 2. The molecule has 0 atom stereocenters. The van der Waals surface area contributed by atoms with E-state index in [1.54, 1.807) is 6.33 Å². The summed E-state index contributed by atoms with van der Waals surface area (Å²) in [4.78, 5) is 4.64. The Hall–Kier alpha value is -3.98. The van der Waals surface area contributed by atoms with Crippen molar-refractivity contribution in [1.29, 1.82) is 0 Å². The Morgan fingerprint density at radius 3 is 1.69 bits per heavy atom. The molecule has 5 aromatic rings. The van der Waals surface area contributed by atoms with Crippen molar-refractivity contribution in [2.24, 2.45) is 0 Å². The molecule has 0 saturated carbocycles. The fourth-order valence-electron chi connectivity index (χ4n) is 3.67. The van der Waals surface area contributed by atoms with Gasteiger partial charge in [-0.15, -0.1) is 0 Å².